The van der Waals surface area contributed by atoms with Gasteiger partial charge in [0.2, 0.25) is 10.0 Å². The number of methoxy groups -OCH3 is 1. The first-order valence-electron chi connectivity index (χ1n) is 8.46. The maximum absolute atomic E-state index is 12.6. The van der Waals surface area contributed by atoms with Gasteiger partial charge in [-0.05, 0) is 44.9 Å². The van der Waals surface area contributed by atoms with E-state index >= 15 is 0 Å². The van der Waals surface area contributed by atoms with Crippen LogP contribution in [0.25, 0.3) is 0 Å². The monoisotopic (exact) mass is 369 g/mol. The Kier molecular flexibility index (Phi) is 6.08. The molecule has 1 aromatic carbocycles. The van der Waals surface area contributed by atoms with Gasteiger partial charge in [0.15, 0.2) is 0 Å². The first kappa shape index (κ1) is 19.7. The number of sulfonamides is 1. The topological polar surface area (TPSA) is 111 Å². The summed E-state index contributed by atoms with van der Waals surface area (Å²) in [4.78, 5) is 12.6. The quantitative estimate of drug-likeness (QED) is 0.672. The molecule has 1 amide bonds. The zero-order chi connectivity index (χ0) is 18.7. The minimum atomic E-state index is -3.79. The van der Waals surface area contributed by atoms with Crippen LogP contribution in [0.5, 0.6) is 5.75 Å². The highest BCUT2D eigenvalue weighted by molar-refractivity contribution is 7.89. The Morgan fingerprint density at radius 3 is 2.48 bits per heavy atom. The van der Waals surface area contributed by atoms with Crippen molar-refractivity contribution in [2.45, 2.75) is 56.0 Å². The van der Waals surface area contributed by atoms with Crippen LogP contribution < -0.4 is 20.5 Å². The number of hydrogen-bond donors (Lipinski definition) is 3. The summed E-state index contributed by atoms with van der Waals surface area (Å²) in [5.74, 6) is -0.130. The van der Waals surface area contributed by atoms with Crippen molar-refractivity contribution in [3.8, 4) is 5.75 Å². The molecule has 0 bridgehead atoms. The van der Waals surface area contributed by atoms with Crippen molar-refractivity contribution in [2.24, 2.45) is 5.73 Å². The zero-order valence-electron chi connectivity index (χ0n) is 15.0. The molecule has 0 aliphatic heterocycles. The molecular weight excluding hydrogens is 342 g/mol. The van der Waals surface area contributed by atoms with Crippen molar-refractivity contribution in [1.29, 1.82) is 0 Å². The standard InChI is InChI=1S/C17H27N3O4S/c1-12(2)20-25(22,23)15-10-13(6-7-14(15)24-3)16(21)19-17(11-18)8-4-5-9-17/h6-7,10,12,20H,4-5,8-9,11,18H2,1-3H3,(H,19,21). The summed E-state index contributed by atoms with van der Waals surface area (Å²) in [6.45, 7) is 3.83. The minimum absolute atomic E-state index is 0.0513. The SMILES string of the molecule is COc1ccc(C(=O)NC2(CN)CCCC2)cc1S(=O)(=O)NC(C)C. The molecule has 2 rings (SSSR count). The first-order chi connectivity index (χ1) is 11.7. The van der Waals surface area contributed by atoms with Crippen molar-refractivity contribution in [3.05, 3.63) is 23.8 Å². The minimum Gasteiger partial charge on any atom is -0.495 e. The van der Waals surface area contributed by atoms with Gasteiger partial charge in [0.1, 0.15) is 10.6 Å². The number of ether oxygens (including phenoxy) is 1. The Hall–Kier alpha value is -1.64. The number of amides is 1. The fourth-order valence-corrected chi connectivity index (χ4v) is 4.59. The largest absolute Gasteiger partial charge is 0.495 e. The van der Waals surface area contributed by atoms with Crippen LogP contribution in [0, 0.1) is 0 Å². The molecule has 0 heterocycles. The first-order valence-corrected chi connectivity index (χ1v) is 9.94. The molecule has 0 aromatic heterocycles. The third-order valence-corrected chi connectivity index (χ3v) is 6.12. The van der Waals surface area contributed by atoms with Crippen LogP contribution in [0.3, 0.4) is 0 Å². The Balaban J connectivity index is 2.33. The van der Waals surface area contributed by atoms with E-state index < -0.39 is 15.6 Å². The second-order valence-electron chi connectivity index (χ2n) is 6.79. The number of nitrogens with two attached hydrogens (primary N) is 1. The van der Waals surface area contributed by atoms with E-state index in [-0.39, 0.29) is 28.2 Å². The summed E-state index contributed by atoms with van der Waals surface area (Å²) < 4.78 is 32.7. The number of nitrogens with one attached hydrogen (secondary N) is 2. The lowest BCUT2D eigenvalue weighted by Gasteiger charge is -2.28. The number of hydrogen-bond acceptors (Lipinski definition) is 5. The number of carbonyl (C=O) groups is 1. The molecule has 1 fully saturated rings. The second kappa shape index (κ2) is 7.72. The normalized spacial score (nSPS) is 16.8. The van der Waals surface area contributed by atoms with Gasteiger partial charge in [0, 0.05) is 18.2 Å². The molecule has 8 heteroatoms. The molecule has 1 saturated carbocycles. The highest BCUT2D eigenvalue weighted by atomic mass is 32.2. The molecule has 25 heavy (non-hydrogen) atoms. The average molecular weight is 369 g/mol. The van der Waals surface area contributed by atoms with Crippen molar-refractivity contribution < 1.29 is 17.9 Å². The van der Waals surface area contributed by atoms with Crippen molar-refractivity contribution in [2.75, 3.05) is 13.7 Å². The van der Waals surface area contributed by atoms with Crippen LogP contribution in [0.15, 0.2) is 23.1 Å². The van der Waals surface area contributed by atoms with Crippen LogP contribution in [0.1, 0.15) is 49.9 Å². The number of benzene rings is 1. The van der Waals surface area contributed by atoms with E-state index in [2.05, 4.69) is 10.0 Å². The van der Waals surface area contributed by atoms with E-state index in [0.717, 1.165) is 25.7 Å². The lowest BCUT2D eigenvalue weighted by molar-refractivity contribution is 0.0903. The van der Waals surface area contributed by atoms with Crippen molar-refractivity contribution in [1.82, 2.24) is 10.0 Å². The van der Waals surface area contributed by atoms with Crippen LogP contribution >= 0.6 is 0 Å². The van der Waals surface area contributed by atoms with Gasteiger partial charge < -0.3 is 15.8 Å². The fourth-order valence-electron chi connectivity index (χ4n) is 3.15. The predicted molar refractivity (Wildman–Crippen MR) is 96.2 cm³/mol. The predicted octanol–water partition coefficient (Wildman–Crippen LogP) is 1.38. The Bertz CT molecular complexity index is 725. The fraction of sp³-hybridized carbons (Fsp3) is 0.588. The zero-order valence-corrected chi connectivity index (χ0v) is 15.8. The highest BCUT2D eigenvalue weighted by Gasteiger charge is 2.34. The molecule has 0 saturated heterocycles. The number of carbonyl (C=O) groups excluding carboxylic acids is 1. The lowest BCUT2D eigenvalue weighted by atomic mass is 9.97. The van der Waals surface area contributed by atoms with E-state index in [1.807, 2.05) is 0 Å². The van der Waals surface area contributed by atoms with Gasteiger partial charge in [-0.15, -0.1) is 0 Å². The molecule has 7 nitrogen and oxygen atoms in total. The molecule has 4 N–H and O–H groups in total. The van der Waals surface area contributed by atoms with E-state index in [4.69, 9.17) is 10.5 Å². The molecule has 1 aliphatic carbocycles. The van der Waals surface area contributed by atoms with Crippen LogP contribution in [-0.2, 0) is 10.0 Å². The van der Waals surface area contributed by atoms with Crippen LogP contribution in [0.4, 0.5) is 0 Å². The molecule has 0 spiro atoms. The van der Waals surface area contributed by atoms with Gasteiger partial charge >= 0.3 is 0 Å². The molecule has 0 radical (unpaired) electrons. The van der Waals surface area contributed by atoms with E-state index in [1.165, 1.54) is 19.2 Å². The maximum atomic E-state index is 12.6. The van der Waals surface area contributed by atoms with Gasteiger partial charge in [0.05, 0.1) is 12.6 Å². The van der Waals surface area contributed by atoms with Crippen molar-refractivity contribution >= 4 is 15.9 Å². The molecule has 0 unspecified atom stereocenters. The van der Waals surface area contributed by atoms with Crippen molar-refractivity contribution in [3.63, 3.8) is 0 Å². The van der Waals surface area contributed by atoms with Crippen LogP contribution in [-0.4, -0.2) is 39.6 Å². The van der Waals surface area contributed by atoms with Crippen LogP contribution in [0.2, 0.25) is 0 Å². The van der Waals surface area contributed by atoms with Gasteiger partial charge in [0.25, 0.3) is 5.91 Å². The third kappa shape index (κ3) is 4.50. The smallest absolute Gasteiger partial charge is 0.251 e. The summed E-state index contributed by atoms with van der Waals surface area (Å²) in [5, 5.41) is 3.00. The Labute approximate surface area is 149 Å². The summed E-state index contributed by atoms with van der Waals surface area (Å²) in [6, 6.07) is 4.12. The van der Waals surface area contributed by atoms with Gasteiger partial charge in [-0.2, -0.15) is 0 Å². The van der Waals surface area contributed by atoms with Gasteiger partial charge in [-0.1, -0.05) is 12.8 Å². The summed E-state index contributed by atoms with van der Waals surface area (Å²) in [7, 11) is -2.39. The van der Waals surface area contributed by atoms with Gasteiger partial charge in [-0.3, -0.25) is 4.79 Å². The molecule has 1 aliphatic rings. The Morgan fingerprint density at radius 2 is 1.96 bits per heavy atom. The molecule has 140 valence electrons. The molecule has 1 aromatic rings. The summed E-state index contributed by atoms with van der Waals surface area (Å²) in [6.07, 6.45) is 3.73. The molecular formula is C17H27N3O4S. The highest BCUT2D eigenvalue weighted by Crippen LogP contribution is 2.30. The third-order valence-electron chi connectivity index (χ3n) is 4.44. The lowest BCUT2D eigenvalue weighted by Crippen LogP contribution is -2.51. The summed E-state index contributed by atoms with van der Waals surface area (Å²) >= 11 is 0. The van der Waals surface area contributed by atoms with Gasteiger partial charge in [-0.25, -0.2) is 13.1 Å². The summed E-state index contributed by atoms with van der Waals surface area (Å²) in [5.41, 5.74) is 5.73. The van der Waals surface area contributed by atoms with E-state index in [9.17, 15) is 13.2 Å². The van der Waals surface area contributed by atoms with E-state index in [0.29, 0.717) is 6.54 Å². The van der Waals surface area contributed by atoms with E-state index in [1.54, 1.807) is 19.9 Å². The molecule has 0 atom stereocenters. The average Bonchev–Trinajstić information content (AvgIpc) is 3.02. The second-order valence-corrected chi connectivity index (χ2v) is 8.47. The maximum Gasteiger partial charge on any atom is 0.251 e. The Morgan fingerprint density at radius 1 is 1.32 bits per heavy atom. The number of rotatable bonds is 7.